The highest BCUT2D eigenvalue weighted by molar-refractivity contribution is 5.68. The van der Waals surface area contributed by atoms with Crippen molar-refractivity contribution in [3.63, 3.8) is 0 Å². The number of nitrogens with one attached hydrogen (secondary N) is 1. The average molecular weight is 364 g/mol. The second kappa shape index (κ2) is 7.73. The van der Waals surface area contributed by atoms with E-state index in [4.69, 9.17) is 4.52 Å². The quantitative estimate of drug-likeness (QED) is 0.739. The van der Waals surface area contributed by atoms with Gasteiger partial charge in [0.2, 0.25) is 0 Å². The topological polar surface area (TPSA) is 80.0 Å². The highest BCUT2D eigenvalue weighted by atomic mass is 16.5. The first-order valence-electron chi connectivity index (χ1n) is 9.38. The Morgan fingerprint density at radius 1 is 1.19 bits per heavy atom. The van der Waals surface area contributed by atoms with Crippen LogP contribution < -0.4 is 10.2 Å². The molecule has 0 atom stereocenters. The summed E-state index contributed by atoms with van der Waals surface area (Å²) < 4.78 is 5.27. The van der Waals surface area contributed by atoms with E-state index in [0.29, 0.717) is 18.3 Å². The summed E-state index contributed by atoms with van der Waals surface area (Å²) >= 11 is 0. The number of hydrogen-bond acceptors (Lipinski definition) is 7. The molecule has 0 aliphatic carbocycles. The van der Waals surface area contributed by atoms with Gasteiger partial charge in [-0.2, -0.15) is 4.98 Å². The Labute approximate surface area is 158 Å². The van der Waals surface area contributed by atoms with Crippen LogP contribution in [-0.2, 0) is 6.54 Å². The number of nitrogens with zero attached hydrogens (tertiary/aromatic N) is 5. The van der Waals surface area contributed by atoms with Crippen molar-refractivity contribution < 1.29 is 4.52 Å². The van der Waals surface area contributed by atoms with Crippen LogP contribution in [0, 0.1) is 12.8 Å². The fourth-order valence-corrected chi connectivity index (χ4v) is 3.26. The summed E-state index contributed by atoms with van der Waals surface area (Å²) in [6.07, 6.45) is 6.15. The van der Waals surface area contributed by atoms with E-state index in [-0.39, 0.29) is 0 Å². The summed E-state index contributed by atoms with van der Waals surface area (Å²) in [6.45, 7) is 6.93. The van der Waals surface area contributed by atoms with Gasteiger partial charge >= 0.3 is 0 Å². The van der Waals surface area contributed by atoms with Gasteiger partial charge in [0.05, 0.1) is 5.56 Å². The molecule has 0 spiro atoms. The molecule has 27 heavy (non-hydrogen) atoms. The van der Waals surface area contributed by atoms with Gasteiger partial charge in [-0.25, -0.2) is 9.97 Å². The maximum atomic E-state index is 5.27. The van der Waals surface area contributed by atoms with Gasteiger partial charge in [0.25, 0.3) is 5.89 Å². The van der Waals surface area contributed by atoms with Crippen molar-refractivity contribution in [3.05, 3.63) is 48.0 Å². The van der Waals surface area contributed by atoms with Gasteiger partial charge in [0.15, 0.2) is 5.82 Å². The molecule has 7 heteroatoms. The second-order valence-corrected chi connectivity index (χ2v) is 7.09. The van der Waals surface area contributed by atoms with Crippen LogP contribution in [0.25, 0.3) is 11.5 Å². The number of rotatable bonds is 5. The summed E-state index contributed by atoms with van der Waals surface area (Å²) in [6, 6.07) is 8.00. The third-order valence-electron chi connectivity index (χ3n) is 4.94. The van der Waals surface area contributed by atoms with Crippen molar-refractivity contribution in [2.24, 2.45) is 5.92 Å². The van der Waals surface area contributed by atoms with Crippen molar-refractivity contribution >= 4 is 11.6 Å². The van der Waals surface area contributed by atoms with Gasteiger partial charge in [-0.3, -0.25) is 0 Å². The molecule has 4 heterocycles. The molecular formula is C20H24N6O. The molecular weight excluding hydrogens is 340 g/mol. The van der Waals surface area contributed by atoms with E-state index in [0.717, 1.165) is 41.8 Å². The lowest BCUT2D eigenvalue weighted by molar-refractivity contribution is 0.425. The molecule has 3 aromatic rings. The van der Waals surface area contributed by atoms with Gasteiger partial charge in [0.1, 0.15) is 11.6 Å². The van der Waals surface area contributed by atoms with E-state index < -0.39 is 0 Å². The fourth-order valence-electron chi connectivity index (χ4n) is 3.26. The van der Waals surface area contributed by atoms with Crippen LogP contribution in [0.2, 0.25) is 0 Å². The van der Waals surface area contributed by atoms with E-state index in [9.17, 15) is 0 Å². The maximum Gasteiger partial charge on any atom is 0.261 e. The largest absolute Gasteiger partial charge is 0.365 e. The minimum Gasteiger partial charge on any atom is -0.365 e. The molecule has 140 valence electrons. The fraction of sp³-hybridized carbons (Fsp3) is 0.400. The lowest BCUT2D eigenvalue weighted by Crippen LogP contribution is -2.33. The van der Waals surface area contributed by atoms with E-state index in [1.54, 1.807) is 13.1 Å². The lowest BCUT2D eigenvalue weighted by atomic mass is 9.99. The Kier molecular flexibility index (Phi) is 5.00. The molecule has 7 nitrogen and oxygen atoms in total. The third-order valence-corrected chi connectivity index (χ3v) is 4.94. The van der Waals surface area contributed by atoms with Crippen LogP contribution in [0.3, 0.4) is 0 Å². The van der Waals surface area contributed by atoms with Crippen LogP contribution in [0.5, 0.6) is 0 Å². The van der Waals surface area contributed by atoms with E-state index in [1.165, 1.54) is 12.8 Å². The van der Waals surface area contributed by atoms with Crippen LogP contribution in [0.4, 0.5) is 11.6 Å². The molecule has 0 radical (unpaired) electrons. The zero-order chi connectivity index (χ0) is 18.6. The van der Waals surface area contributed by atoms with E-state index in [1.807, 2.05) is 18.3 Å². The van der Waals surface area contributed by atoms with Gasteiger partial charge in [-0.05, 0) is 49.4 Å². The van der Waals surface area contributed by atoms with Crippen LogP contribution in [0.1, 0.15) is 31.2 Å². The number of hydrogen-bond donors (Lipinski definition) is 1. The zero-order valence-corrected chi connectivity index (χ0v) is 15.7. The molecule has 1 aliphatic rings. The first-order chi connectivity index (χ1) is 13.2. The minimum absolute atomic E-state index is 0.468. The SMILES string of the molecule is Cc1noc(-c2cccnc2NCc2ccc(N3CCC(C)CC3)nc2)n1. The third kappa shape index (κ3) is 4.07. The number of aromatic nitrogens is 4. The van der Waals surface area contributed by atoms with Crippen LogP contribution in [0.15, 0.2) is 41.2 Å². The van der Waals surface area contributed by atoms with Gasteiger partial charge in [-0.15, -0.1) is 0 Å². The number of pyridine rings is 2. The first-order valence-corrected chi connectivity index (χ1v) is 9.38. The molecule has 0 amide bonds. The molecule has 1 N–H and O–H groups in total. The van der Waals surface area contributed by atoms with Gasteiger partial charge in [0, 0.05) is 32.0 Å². The molecule has 3 aromatic heterocycles. The Morgan fingerprint density at radius 2 is 2.04 bits per heavy atom. The van der Waals surface area contributed by atoms with E-state index in [2.05, 4.69) is 49.4 Å². The van der Waals surface area contributed by atoms with E-state index >= 15 is 0 Å². The lowest BCUT2D eigenvalue weighted by Gasteiger charge is -2.31. The summed E-state index contributed by atoms with van der Waals surface area (Å²) in [5, 5.41) is 7.20. The van der Waals surface area contributed by atoms with Crippen LogP contribution in [-0.4, -0.2) is 33.2 Å². The smallest absolute Gasteiger partial charge is 0.261 e. The predicted octanol–water partition coefficient (Wildman–Crippen LogP) is 3.68. The highest BCUT2D eigenvalue weighted by Crippen LogP contribution is 2.25. The Balaban J connectivity index is 1.42. The normalized spacial score (nSPS) is 15.1. The maximum absolute atomic E-state index is 5.27. The van der Waals surface area contributed by atoms with Crippen molar-refractivity contribution in [3.8, 4) is 11.5 Å². The number of piperidine rings is 1. The highest BCUT2D eigenvalue weighted by Gasteiger charge is 2.17. The zero-order valence-electron chi connectivity index (χ0n) is 15.7. The average Bonchev–Trinajstić information content (AvgIpc) is 3.14. The van der Waals surface area contributed by atoms with Crippen molar-refractivity contribution in [1.29, 1.82) is 0 Å². The van der Waals surface area contributed by atoms with Gasteiger partial charge in [-0.1, -0.05) is 18.1 Å². The summed E-state index contributed by atoms with van der Waals surface area (Å²) in [5.41, 5.74) is 1.90. The molecule has 0 unspecified atom stereocenters. The van der Waals surface area contributed by atoms with Crippen molar-refractivity contribution in [2.75, 3.05) is 23.3 Å². The van der Waals surface area contributed by atoms with Gasteiger partial charge < -0.3 is 14.7 Å². The molecule has 1 fully saturated rings. The summed E-state index contributed by atoms with van der Waals surface area (Å²) in [5.74, 6) is 3.67. The Morgan fingerprint density at radius 3 is 2.74 bits per heavy atom. The standard InChI is InChI=1S/C20H24N6O/c1-14-7-10-26(11-8-14)18-6-5-16(12-22-18)13-23-19-17(4-3-9-21-19)20-24-15(2)25-27-20/h3-6,9,12,14H,7-8,10-11,13H2,1-2H3,(H,21,23). The molecule has 1 aliphatic heterocycles. The molecule has 0 saturated carbocycles. The molecule has 1 saturated heterocycles. The monoisotopic (exact) mass is 364 g/mol. The molecule has 0 bridgehead atoms. The number of aryl methyl sites for hydroxylation is 1. The Bertz CT molecular complexity index is 883. The molecule has 0 aromatic carbocycles. The molecule has 4 rings (SSSR count). The summed E-state index contributed by atoms with van der Waals surface area (Å²) in [7, 11) is 0. The van der Waals surface area contributed by atoms with Crippen molar-refractivity contribution in [2.45, 2.75) is 33.2 Å². The van der Waals surface area contributed by atoms with Crippen LogP contribution >= 0.6 is 0 Å². The Hall–Kier alpha value is -2.96. The number of anilines is 2. The minimum atomic E-state index is 0.468. The first kappa shape index (κ1) is 17.5. The van der Waals surface area contributed by atoms with Crippen molar-refractivity contribution in [1.82, 2.24) is 20.1 Å². The predicted molar refractivity (Wildman–Crippen MR) is 104 cm³/mol. The summed E-state index contributed by atoms with van der Waals surface area (Å²) in [4.78, 5) is 15.7. The second-order valence-electron chi connectivity index (χ2n) is 7.09.